The van der Waals surface area contributed by atoms with Crippen LogP contribution in [0.5, 0.6) is 5.75 Å². The molecule has 0 aliphatic heterocycles. The number of aromatic nitrogens is 1. The van der Waals surface area contributed by atoms with Gasteiger partial charge in [-0.05, 0) is 49.7 Å². The third-order valence-electron chi connectivity index (χ3n) is 4.52. The minimum atomic E-state index is -0.585. The molecule has 0 saturated heterocycles. The van der Waals surface area contributed by atoms with Gasteiger partial charge in [0.25, 0.3) is 0 Å². The Bertz CT molecular complexity index is 1090. The molecule has 1 heterocycles. The van der Waals surface area contributed by atoms with Crippen LogP contribution in [0, 0.1) is 6.92 Å². The summed E-state index contributed by atoms with van der Waals surface area (Å²) in [6.07, 6.45) is -0.585. The molecule has 0 aliphatic rings. The molecule has 0 radical (unpaired) electrons. The molecule has 2 aromatic carbocycles. The molecule has 8 nitrogen and oxygen atoms in total. The van der Waals surface area contributed by atoms with E-state index in [1.807, 2.05) is 26.0 Å². The molecule has 3 rings (SSSR count). The largest absolute Gasteiger partial charge is 0.496 e. The molecule has 1 amide bonds. The van der Waals surface area contributed by atoms with Crippen LogP contribution >= 0.6 is 22.9 Å². The van der Waals surface area contributed by atoms with Crippen molar-refractivity contribution in [1.82, 2.24) is 4.98 Å². The molecule has 0 fully saturated rings. The third kappa shape index (κ3) is 5.38. The number of hydrazine groups is 1. The molecule has 0 spiro atoms. The first-order chi connectivity index (χ1) is 14.8. The number of nitrogens with zero attached hydrogens (tertiary/aromatic N) is 2. The lowest BCUT2D eigenvalue weighted by Gasteiger charge is -2.18. The maximum atomic E-state index is 12.3. The number of nitrogens with two attached hydrogens (primary N) is 2. The highest BCUT2D eigenvalue weighted by molar-refractivity contribution is 7.19. The molecule has 164 valence electrons. The lowest BCUT2D eigenvalue weighted by atomic mass is 10.2. The number of nitrogen functional groups attached to an aromatic ring is 1. The van der Waals surface area contributed by atoms with Gasteiger partial charge in [-0.3, -0.25) is 5.32 Å². The van der Waals surface area contributed by atoms with E-state index in [9.17, 15) is 4.79 Å². The van der Waals surface area contributed by atoms with Crippen LogP contribution in [0.4, 0.5) is 21.2 Å². The van der Waals surface area contributed by atoms with Gasteiger partial charge in [0.15, 0.2) is 0 Å². The predicted octanol–water partition coefficient (Wildman–Crippen LogP) is 4.81. The standard InChI is InChI=1S/C21H24ClN5O3S/c1-4-27(24)17-8-5-13(9-16(17)23)11-30-21(28)26-19-12(2)25-20(31-19)15-7-6-14(22)10-18(15)29-3/h5-10H,4,11,23-24H2,1-3H3,(H,26,28). The fraction of sp³-hybridized carbons (Fsp3) is 0.238. The number of hydrogen-bond acceptors (Lipinski definition) is 8. The average molecular weight is 462 g/mol. The second-order valence-electron chi connectivity index (χ2n) is 6.66. The van der Waals surface area contributed by atoms with Gasteiger partial charge >= 0.3 is 6.09 Å². The van der Waals surface area contributed by atoms with E-state index in [4.69, 9.17) is 32.7 Å². The Balaban J connectivity index is 1.66. The Morgan fingerprint density at radius 1 is 1.29 bits per heavy atom. The molecule has 31 heavy (non-hydrogen) atoms. The second-order valence-corrected chi connectivity index (χ2v) is 8.09. The second kappa shape index (κ2) is 9.86. The van der Waals surface area contributed by atoms with E-state index in [2.05, 4.69) is 10.3 Å². The van der Waals surface area contributed by atoms with Crippen molar-refractivity contribution in [3.63, 3.8) is 0 Å². The third-order valence-corrected chi connectivity index (χ3v) is 5.86. The van der Waals surface area contributed by atoms with Crippen LogP contribution < -0.4 is 26.6 Å². The summed E-state index contributed by atoms with van der Waals surface area (Å²) in [4.78, 5) is 16.8. The summed E-state index contributed by atoms with van der Waals surface area (Å²) in [6.45, 7) is 4.43. The number of benzene rings is 2. The van der Waals surface area contributed by atoms with Crippen molar-refractivity contribution < 1.29 is 14.3 Å². The SMILES string of the molecule is CCN(N)c1ccc(COC(=O)Nc2sc(-c3ccc(Cl)cc3OC)nc2C)cc1N. The maximum absolute atomic E-state index is 12.3. The number of ether oxygens (including phenoxy) is 2. The molecule has 0 unspecified atom stereocenters. The van der Waals surface area contributed by atoms with Crippen LogP contribution in [0.15, 0.2) is 36.4 Å². The number of anilines is 3. The molecule has 10 heteroatoms. The van der Waals surface area contributed by atoms with Crippen molar-refractivity contribution in [2.75, 3.05) is 29.7 Å². The number of aryl methyl sites for hydroxylation is 1. The van der Waals surface area contributed by atoms with E-state index in [-0.39, 0.29) is 6.61 Å². The van der Waals surface area contributed by atoms with Gasteiger partial charge in [0.2, 0.25) is 0 Å². The first kappa shape index (κ1) is 22.7. The van der Waals surface area contributed by atoms with Crippen molar-refractivity contribution in [2.45, 2.75) is 20.5 Å². The molecular formula is C21H24ClN5O3S. The number of amides is 1. The fourth-order valence-electron chi connectivity index (χ4n) is 2.87. The fourth-order valence-corrected chi connectivity index (χ4v) is 4.02. The summed E-state index contributed by atoms with van der Waals surface area (Å²) < 4.78 is 10.7. The normalized spacial score (nSPS) is 10.6. The molecule has 0 atom stereocenters. The topological polar surface area (TPSA) is 116 Å². The average Bonchev–Trinajstić information content (AvgIpc) is 3.11. The zero-order valence-corrected chi connectivity index (χ0v) is 19.0. The molecule has 5 N–H and O–H groups in total. The van der Waals surface area contributed by atoms with Crippen LogP contribution in [0.2, 0.25) is 5.02 Å². The van der Waals surface area contributed by atoms with E-state index in [1.54, 1.807) is 36.4 Å². The highest BCUT2D eigenvalue weighted by Gasteiger charge is 2.16. The summed E-state index contributed by atoms with van der Waals surface area (Å²) in [7, 11) is 1.57. The van der Waals surface area contributed by atoms with Gasteiger partial charge in [0, 0.05) is 11.6 Å². The van der Waals surface area contributed by atoms with Crippen molar-refractivity contribution in [2.24, 2.45) is 5.84 Å². The van der Waals surface area contributed by atoms with E-state index in [1.165, 1.54) is 11.3 Å². The van der Waals surface area contributed by atoms with Crippen molar-refractivity contribution in [3.8, 4) is 16.3 Å². The Hall–Kier alpha value is -3.01. The van der Waals surface area contributed by atoms with Gasteiger partial charge in [-0.15, -0.1) is 0 Å². The number of methoxy groups -OCH3 is 1. The van der Waals surface area contributed by atoms with Crippen LogP contribution in [-0.4, -0.2) is 24.7 Å². The number of carbonyl (C=O) groups is 1. The smallest absolute Gasteiger partial charge is 0.412 e. The van der Waals surface area contributed by atoms with Crippen LogP contribution in [0.25, 0.3) is 10.6 Å². The summed E-state index contributed by atoms with van der Waals surface area (Å²) in [5, 5.41) is 6.15. The van der Waals surface area contributed by atoms with Crippen molar-refractivity contribution in [3.05, 3.63) is 52.7 Å². The minimum absolute atomic E-state index is 0.0721. The van der Waals surface area contributed by atoms with Gasteiger partial charge in [0.05, 0.1) is 29.7 Å². The quantitative estimate of drug-likeness (QED) is 0.262. The minimum Gasteiger partial charge on any atom is -0.496 e. The number of hydrogen-bond donors (Lipinski definition) is 3. The van der Waals surface area contributed by atoms with E-state index >= 15 is 0 Å². The Morgan fingerprint density at radius 3 is 2.74 bits per heavy atom. The number of rotatable bonds is 7. The molecule has 0 saturated carbocycles. The van der Waals surface area contributed by atoms with E-state index in [0.29, 0.717) is 38.7 Å². The Kier molecular flexibility index (Phi) is 7.21. The van der Waals surface area contributed by atoms with E-state index in [0.717, 1.165) is 16.8 Å². The molecule has 0 aliphatic carbocycles. The Morgan fingerprint density at radius 2 is 2.06 bits per heavy atom. The van der Waals surface area contributed by atoms with Gasteiger partial charge in [-0.2, -0.15) is 0 Å². The van der Waals surface area contributed by atoms with Gasteiger partial charge < -0.3 is 20.2 Å². The van der Waals surface area contributed by atoms with Crippen LogP contribution in [-0.2, 0) is 11.3 Å². The summed E-state index contributed by atoms with van der Waals surface area (Å²) >= 11 is 7.35. The van der Waals surface area contributed by atoms with Crippen molar-refractivity contribution in [1.29, 1.82) is 0 Å². The molecule has 0 bridgehead atoms. The lowest BCUT2D eigenvalue weighted by molar-refractivity contribution is 0.155. The molecular weight excluding hydrogens is 438 g/mol. The van der Waals surface area contributed by atoms with Crippen LogP contribution in [0.1, 0.15) is 18.2 Å². The first-order valence-electron chi connectivity index (χ1n) is 9.48. The summed E-state index contributed by atoms with van der Waals surface area (Å²) in [6, 6.07) is 10.7. The molecule has 1 aromatic heterocycles. The van der Waals surface area contributed by atoms with Crippen molar-refractivity contribution >= 4 is 45.4 Å². The highest BCUT2D eigenvalue weighted by Crippen LogP contribution is 2.38. The van der Waals surface area contributed by atoms with E-state index < -0.39 is 6.09 Å². The maximum Gasteiger partial charge on any atom is 0.412 e. The van der Waals surface area contributed by atoms with Gasteiger partial charge in [0.1, 0.15) is 22.4 Å². The zero-order valence-electron chi connectivity index (χ0n) is 17.4. The summed E-state index contributed by atoms with van der Waals surface area (Å²) in [5.41, 5.74) is 9.50. The van der Waals surface area contributed by atoms with Crippen LogP contribution in [0.3, 0.4) is 0 Å². The monoisotopic (exact) mass is 461 g/mol. The number of halogens is 1. The number of thiazole rings is 1. The zero-order chi connectivity index (χ0) is 22.5. The first-order valence-corrected chi connectivity index (χ1v) is 10.7. The predicted molar refractivity (Wildman–Crippen MR) is 126 cm³/mol. The van der Waals surface area contributed by atoms with Gasteiger partial charge in [-0.1, -0.05) is 29.0 Å². The lowest BCUT2D eigenvalue weighted by Crippen LogP contribution is -2.30. The van der Waals surface area contributed by atoms with Gasteiger partial charge in [-0.25, -0.2) is 15.6 Å². The Labute approximate surface area is 189 Å². The summed E-state index contributed by atoms with van der Waals surface area (Å²) in [5.74, 6) is 6.48. The number of nitrogens with one attached hydrogen (secondary N) is 1. The highest BCUT2D eigenvalue weighted by atomic mass is 35.5. The molecule has 3 aromatic rings. The number of carbonyl (C=O) groups excluding carboxylic acids is 1.